The van der Waals surface area contributed by atoms with Gasteiger partial charge in [-0.3, -0.25) is 4.79 Å². The summed E-state index contributed by atoms with van der Waals surface area (Å²) in [7, 11) is 0. The van der Waals surface area contributed by atoms with Crippen LogP contribution in [-0.2, 0) is 4.79 Å². The van der Waals surface area contributed by atoms with Crippen molar-refractivity contribution >= 4 is 23.2 Å². The molecule has 0 unspecified atom stereocenters. The van der Waals surface area contributed by atoms with E-state index < -0.39 is 0 Å². The highest BCUT2D eigenvalue weighted by molar-refractivity contribution is 7.80. The monoisotopic (exact) mass is 134 g/mol. The molecule has 0 spiro atoms. The molecule has 4 N–H and O–H groups in total. The predicted octanol–water partition coefficient (Wildman–Crippen LogP) is -1.83. The van der Waals surface area contributed by atoms with Crippen molar-refractivity contribution in [2.75, 3.05) is 6.54 Å². The van der Waals surface area contributed by atoms with Gasteiger partial charge in [0.1, 0.15) is 0 Å². The molecule has 1 saturated heterocycles. The molecular formula is C3H6N2O2S. The summed E-state index contributed by atoms with van der Waals surface area (Å²) in [5.74, 6) is -0.0509. The Hall–Kier alpha value is -0.680. The van der Waals surface area contributed by atoms with Gasteiger partial charge in [0, 0.05) is 0 Å². The third kappa shape index (κ3) is 1.43. The van der Waals surface area contributed by atoms with Crippen molar-refractivity contribution in [3.05, 3.63) is 0 Å². The second-order valence-corrected chi connectivity index (χ2v) is 1.64. The molecule has 0 aliphatic carbocycles. The zero-order chi connectivity index (χ0) is 5.28. The summed E-state index contributed by atoms with van der Waals surface area (Å²) in [5, 5.41) is 5.47. The maximum absolute atomic E-state index is 10.2. The van der Waals surface area contributed by atoms with Gasteiger partial charge in [-0.1, -0.05) is 0 Å². The molecule has 1 aliphatic rings. The van der Waals surface area contributed by atoms with Crippen molar-refractivity contribution in [1.82, 2.24) is 10.6 Å². The zero-order valence-corrected chi connectivity index (χ0v) is 4.84. The Kier molecular flexibility index (Phi) is 2.36. The van der Waals surface area contributed by atoms with Gasteiger partial charge in [-0.25, -0.2) is 0 Å². The summed E-state index contributed by atoms with van der Waals surface area (Å²) in [6.45, 7) is 0.332. The molecule has 1 aliphatic heterocycles. The van der Waals surface area contributed by atoms with E-state index in [4.69, 9.17) is 0 Å². The van der Waals surface area contributed by atoms with Crippen molar-refractivity contribution in [3.63, 3.8) is 0 Å². The van der Waals surface area contributed by atoms with Gasteiger partial charge in [-0.2, -0.15) is 0 Å². The molecule has 1 amide bonds. The van der Waals surface area contributed by atoms with E-state index in [0.29, 0.717) is 11.7 Å². The van der Waals surface area contributed by atoms with E-state index in [2.05, 4.69) is 22.9 Å². The van der Waals surface area contributed by atoms with Crippen LogP contribution in [0.25, 0.3) is 0 Å². The molecule has 1 heterocycles. The van der Waals surface area contributed by atoms with Crippen molar-refractivity contribution in [3.8, 4) is 0 Å². The molecule has 0 aromatic rings. The van der Waals surface area contributed by atoms with Crippen LogP contribution in [-0.4, -0.2) is 23.0 Å². The lowest BCUT2D eigenvalue weighted by atomic mass is 10.7. The molecule has 0 aromatic heterocycles. The fraction of sp³-hybridized carbons (Fsp3) is 0.333. The predicted molar refractivity (Wildman–Crippen MR) is 32.4 cm³/mol. The lowest BCUT2D eigenvalue weighted by Crippen LogP contribution is -2.21. The van der Waals surface area contributed by atoms with E-state index in [0.717, 1.165) is 0 Å². The van der Waals surface area contributed by atoms with Crippen LogP contribution in [0.15, 0.2) is 0 Å². The molecule has 46 valence electrons. The third-order valence-corrected chi connectivity index (χ3v) is 0.909. The van der Waals surface area contributed by atoms with Gasteiger partial charge in [0.15, 0.2) is 5.11 Å². The van der Waals surface area contributed by atoms with Crippen molar-refractivity contribution in [2.45, 2.75) is 0 Å². The number of thiocarbonyl (C=S) groups is 1. The average Bonchev–Trinajstić information content (AvgIpc) is 1.87. The van der Waals surface area contributed by atoms with Crippen molar-refractivity contribution < 1.29 is 10.3 Å². The second-order valence-electron chi connectivity index (χ2n) is 1.23. The van der Waals surface area contributed by atoms with E-state index in [1.807, 2.05) is 0 Å². The minimum absolute atomic E-state index is 0. The van der Waals surface area contributed by atoms with Crippen LogP contribution in [0, 0.1) is 0 Å². The van der Waals surface area contributed by atoms with Gasteiger partial charge < -0.3 is 16.1 Å². The summed E-state index contributed by atoms with van der Waals surface area (Å²) in [6, 6.07) is 0. The Balaban J connectivity index is 0.000000490. The number of carbonyl (C=O) groups is 1. The molecule has 0 saturated carbocycles. The Morgan fingerprint density at radius 1 is 1.62 bits per heavy atom. The van der Waals surface area contributed by atoms with Crippen LogP contribution in [0.1, 0.15) is 0 Å². The molecule has 0 aromatic carbocycles. The van der Waals surface area contributed by atoms with Gasteiger partial charge in [0.25, 0.3) is 0 Å². The van der Waals surface area contributed by atoms with Gasteiger partial charge in [0.2, 0.25) is 5.91 Å². The first-order valence-corrected chi connectivity index (χ1v) is 2.27. The zero-order valence-electron chi connectivity index (χ0n) is 4.02. The standard InChI is InChI=1S/C3H4N2OS.H2O/c6-2-1-4-3(7)5-2;/h1H2,(H2,4,5,6,7);1H2. The highest BCUT2D eigenvalue weighted by Gasteiger charge is 2.10. The van der Waals surface area contributed by atoms with E-state index in [1.54, 1.807) is 0 Å². The maximum atomic E-state index is 10.2. The summed E-state index contributed by atoms with van der Waals surface area (Å²) in [4.78, 5) is 10.2. The maximum Gasteiger partial charge on any atom is 0.245 e. The quantitative estimate of drug-likeness (QED) is 0.383. The van der Waals surface area contributed by atoms with E-state index in [9.17, 15) is 4.79 Å². The van der Waals surface area contributed by atoms with E-state index >= 15 is 0 Å². The average molecular weight is 134 g/mol. The number of carbonyl (C=O) groups excluding carboxylic acids is 1. The fourth-order valence-electron chi connectivity index (χ4n) is 0.376. The smallest absolute Gasteiger partial charge is 0.245 e. The van der Waals surface area contributed by atoms with Gasteiger partial charge in [-0.05, 0) is 12.2 Å². The third-order valence-electron chi connectivity index (χ3n) is 0.662. The number of hydrogen-bond donors (Lipinski definition) is 2. The molecule has 4 nitrogen and oxygen atoms in total. The molecule has 8 heavy (non-hydrogen) atoms. The van der Waals surface area contributed by atoms with Gasteiger partial charge in [0.05, 0.1) is 6.54 Å². The van der Waals surface area contributed by atoms with Crippen LogP contribution >= 0.6 is 12.2 Å². The van der Waals surface area contributed by atoms with Crippen molar-refractivity contribution in [2.24, 2.45) is 0 Å². The normalized spacial score (nSPS) is 16.5. The highest BCUT2D eigenvalue weighted by atomic mass is 32.1. The minimum atomic E-state index is -0.0509. The first kappa shape index (κ1) is 7.32. The molecule has 5 heteroatoms. The molecule has 0 radical (unpaired) electrons. The lowest BCUT2D eigenvalue weighted by Gasteiger charge is -1.83. The Bertz CT molecular complexity index is 110. The molecule has 0 atom stereocenters. The Labute approximate surface area is 51.6 Å². The van der Waals surface area contributed by atoms with Gasteiger partial charge in [-0.15, -0.1) is 0 Å². The lowest BCUT2D eigenvalue weighted by molar-refractivity contribution is -0.117. The minimum Gasteiger partial charge on any atom is -0.412 e. The van der Waals surface area contributed by atoms with Crippen LogP contribution in [0.5, 0.6) is 0 Å². The Morgan fingerprint density at radius 2 is 2.25 bits per heavy atom. The molecule has 1 fully saturated rings. The van der Waals surface area contributed by atoms with Crippen LogP contribution in [0.2, 0.25) is 0 Å². The van der Waals surface area contributed by atoms with E-state index in [1.165, 1.54) is 0 Å². The summed E-state index contributed by atoms with van der Waals surface area (Å²) < 4.78 is 0. The van der Waals surface area contributed by atoms with Crippen molar-refractivity contribution in [1.29, 1.82) is 0 Å². The first-order chi connectivity index (χ1) is 3.29. The summed E-state index contributed by atoms with van der Waals surface area (Å²) in [5.41, 5.74) is 0. The van der Waals surface area contributed by atoms with Crippen LogP contribution < -0.4 is 10.6 Å². The molecular weight excluding hydrogens is 128 g/mol. The second kappa shape index (κ2) is 2.58. The highest BCUT2D eigenvalue weighted by Crippen LogP contribution is 1.75. The van der Waals surface area contributed by atoms with E-state index in [-0.39, 0.29) is 11.4 Å². The largest absolute Gasteiger partial charge is 0.412 e. The topological polar surface area (TPSA) is 72.6 Å². The molecule has 1 rings (SSSR count). The fourth-order valence-corrected chi connectivity index (χ4v) is 0.562. The number of amides is 1. The van der Waals surface area contributed by atoms with Crippen LogP contribution in [0.3, 0.4) is 0 Å². The SMILES string of the molecule is O.O=C1CNC(=S)N1. The summed E-state index contributed by atoms with van der Waals surface area (Å²) in [6.07, 6.45) is 0. The van der Waals surface area contributed by atoms with Crippen LogP contribution in [0.4, 0.5) is 0 Å². The first-order valence-electron chi connectivity index (χ1n) is 1.87. The molecule has 0 bridgehead atoms. The Morgan fingerprint density at radius 3 is 2.38 bits per heavy atom. The number of nitrogens with one attached hydrogen (secondary N) is 2. The number of rotatable bonds is 0. The number of hydrogen-bond acceptors (Lipinski definition) is 2. The summed E-state index contributed by atoms with van der Waals surface area (Å²) >= 11 is 4.55. The van der Waals surface area contributed by atoms with Gasteiger partial charge >= 0.3 is 0 Å².